The Kier molecular flexibility index (Phi) is 6.60. The lowest BCUT2D eigenvalue weighted by Crippen LogP contribution is -2.34. The molecule has 170 valence electrons. The van der Waals surface area contributed by atoms with E-state index in [2.05, 4.69) is 15.1 Å². The number of likely N-dealkylation sites (tertiary alicyclic amines) is 1. The van der Waals surface area contributed by atoms with E-state index in [9.17, 15) is 8.78 Å². The molecular formula is C24H27F2N3O3. The average molecular weight is 443 g/mol. The van der Waals surface area contributed by atoms with Crippen molar-refractivity contribution in [2.75, 3.05) is 34.4 Å². The molecule has 1 fully saturated rings. The van der Waals surface area contributed by atoms with Crippen LogP contribution in [0.4, 0.5) is 8.78 Å². The van der Waals surface area contributed by atoms with E-state index in [-0.39, 0.29) is 11.5 Å². The standard InChI is InChI=1S/C24H27F2N3O3/c1-30-17-10-22(31-2)20(23(11-17)32-3)14-29-8-4-5-15(13-29)24-19(12-27-28-24)18-9-16(25)6-7-21(18)26/h6-7,9-12,15H,4-5,8,13-14H2,1-3H3,(H,27,28)/t15-/m0/s1. The summed E-state index contributed by atoms with van der Waals surface area (Å²) in [6.45, 7) is 2.28. The summed E-state index contributed by atoms with van der Waals surface area (Å²) in [6.07, 6.45) is 3.47. The van der Waals surface area contributed by atoms with Crippen molar-refractivity contribution in [1.29, 1.82) is 0 Å². The van der Waals surface area contributed by atoms with Crippen molar-refractivity contribution in [3.05, 3.63) is 59.4 Å². The second kappa shape index (κ2) is 9.56. The van der Waals surface area contributed by atoms with Crippen LogP contribution in [-0.2, 0) is 6.54 Å². The van der Waals surface area contributed by atoms with Gasteiger partial charge in [-0.2, -0.15) is 5.10 Å². The number of H-pyrrole nitrogens is 1. The van der Waals surface area contributed by atoms with E-state index in [4.69, 9.17) is 14.2 Å². The van der Waals surface area contributed by atoms with Crippen LogP contribution >= 0.6 is 0 Å². The lowest BCUT2D eigenvalue weighted by Gasteiger charge is -2.33. The molecule has 0 amide bonds. The zero-order valence-corrected chi connectivity index (χ0v) is 18.5. The van der Waals surface area contributed by atoms with Crippen molar-refractivity contribution in [2.24, 2.45) is 0 Å². The van der Waals surface area contributed by atoms with Gasteiger partial charge >= 0.3 is 0 Å². The molecule has 0 aliphatic carbocycles. The molecule has 8 heteroatoms. The summed E-state index contributed by atoms with van der Waals surface area (Å²) in [7, 11) is 4.86. The summed E-state index contributed by atoms with van der Waals surface area (Å²) in [6, 6.07) is 7.18. The van der Waals surface area contributed by atoms with Crippen molar-refractivity contribution < 1.29 is 23.0 Å². The first kappa shape index (κ1) is 22.1. The Morgan fingerprint density at radius 3 is 2.47 bits per heavy atom. The Morgan fingerprint density at radius 1 is 1.03 bits per heavy atom. The van der Waals surface area contributed by atoms with Gasteiger partial charge in [-0.05, 0) is 37.6 Å². The highest BCUT2D eigenvalue weighted by Gasteiger charge is 2.27. The van der Waals surface area contributed by atoms with E-state index in [1.165, 1.54) is 6.07 Å². The van der Waals surface area contributed by atoms with Crippen LogP contribution in [0.15, 0.2) is 36.5 Å². The molecule has 6 nitrogen and oxygen atoms in total. The van der Waals surface area contributed by atoms with Gasteiger partial charge in [0.25, 0.3) is 0 Å². The summed E-state index contributed by atoms with van der Waals surface area (Å²) >= 11 is 0. The maximum atomic E-state index is 14.4. The molecule has 3 aromatic rings. The number of nitrogens with zero attached hydrogens (tertiary/aromatic N) is 2. The van der Waals surface area contributed by atoms with E-state index in [1.807, 2.05) is 12.1 Å². The second-order valence-electron chi connectivity index (χ2n) is 7.91. The molecular weight excluding hydrogens is 416 g/mol. The molecule has 1 aliphatic heterocycles. The summed E-state index contributed by atoms with van der Waals surface area (Å²) in [4.78, 5) is 2.31. The molecule has 2 aromatic carbocycles. The summed E-state index contributed by atoms with van der Waals surface area (Å²) in [5.41, 5.74) is 2.60. The highest BCUT2D eigenvalue weighted by molar-refractivity contribution is 5.66. The van der Waals surface area contributed by atoms with Crippen LogP contribution in [0, 0.1) is 11.6 Å². The van der Waals surface area contributed by atoms with Gasteiger partial charge in [0.05, 0.1) is 33.1 Å². The Balaban J connectivity index is 1.59. The van der Waals surface area contributed by atoms with Gasteiger partial charge in [0.1, 0.15) is 28.9 Å². The smallest absolute Gasteiger partial charge is 0.131 e. The van der Waals surface area contributed by atoms with Gasteiger partial charge in [-0.15, -0.1) is 0 Å². The summed E-state index contributed by atoms with van der Waals surface area (Å²) in [5, 5.41) is 7.17. The minimum absolute atomic E-state index is 0.110. The molecule has 32 heavy (non-hydrogen) atoms. The van der Waals surface area contributed by atoms with E-state index in [0.29, 0.717) is 29.4 Å². The quantitative estimate of drug-likeness (QED) is 0.571. The Hall–Kier alpha value is -3.13. The zero-order valence-electron chi connectivity index (χ0n) is 18.5. The van der Waals surface area contributed by atoms with Crippen LogP contribution in [0.3, 0.4) is 0 Å². The van der Waals surface area contributed by atoms with Crippen molar-refractivity contribution in [1.82, 2.24) is 15.1 Å². The van der Waals surface area contributed by atoms with Crippen molar-refractivity contribution in [3.63, 3.8) is 0 Å². The third-order valence-electron chi connectivity index (χ3n) is 6.00. The molecule has 0 spiro atoms. The van der Waals surface area contributed by atoms with Gasteiger partial charge in [0.2, 0.25) is 0 Å². The Morgan fingerprint density at radius 2 is 1.78 bits per heavy atom. The Bertz CT molecular complexity index is 1060. The number of methoxy groups -OCH3 is 3. The fourth-order valence-electron chi connectivity index (χ4n) is 4.42. The fourth-order valence-corrected chi connectivity index (χ4v) is 4.42. The molecule has 0 unspecified atom stereocenters. The largest absolute Gasteiger partial charge is 0.496 e. The first-order valence-electron chi connectivity index (χ1n) is 10.5. The van der Waals surface area contributed by atoms with Crippen LogP contribution in [0.25, 0.3) is 11.1 Å². The number of aromatic amines is 1. The molecule has 0 radical (unpaired) electrons. The fraction of sp³-hybridized carbons (Fsp3) is 0.375. The molecule has 0 saturated carbocycles. The third kappa shape index (κ3) is 4.41. The number of benzene rings is 2. The number of aromatic nitrogens is 2. The SMILES string of the molecule is COc1cc(OC)c(CN2CCC[C@H](c3[nH]ncc3-c3cc(F)ccc3F)C2)c(OC)c1. The highest BCUT2D eigenvalue weighted by atomic mass is 19.1. The molecule has 1 saturated heterocycles. The van der Waals surface area contributed by atoms with E-state index < -0.39 is 11.6 Å². The lowest BCUT2D eigenvalue weighted by atomic mass is 9.90. The predicted octanol–water partition coefficient (Wildman–Crippen LogP) is 4.76. The van der Waals surface area contributed by atoms with Crippen LogP contribution in [0.5, 0.6) is 17.2 Å². The zero-order chi connectivity index (χ0) is 22.7. The van der Waals surface area contributed by atoms with Gasteiger partial charge in [-0.1, -0.05) is 0 Å². The Labute approximate surface area is 186 Å². The van der Waals surface area contributed by atoms with Crippen LogP contribution in [-0.4, -0.2) is 49.5 Å². The van der Waals surface area contributed by atoms with Crippen LogP contribution < -0.4 is 14.2 Å². The number of hydrogen-bond donors (Lipinski definition) is 1. The number of rotatable bonds is 7. The predicted molar refractivity (Wildman–Crippen MR) is 117 cm³/mol. The molecule has 1 atom stereocenters. The van der Waals surface area contributed by atoms with Gasteiger partial charge < -0.3 is 14.2 Å². The number of nitrogens with one attached hydrogen (secondary N) is 1. The molecule has 1 aliphatic rings. The number of halogens is 2. The van der Waals surface area contributed by atoms with E-state index >= 15 is 0 Å². The number of hydrogen-bond acceptors (Lipinski definition) is 5. The topological polar surface area (TPSA) is 59.6 Å². The average Bonchev–Trinajstić information content (AvgIpc) is 3.30. The van der Waals surface area contributed by atoms with Crippen LogP contribution in [0.2, 0.25) is 0 Å². The van der Waals surface area contributed by atoms with Crippen molar-refractivity contribution in [3.8, 4) is 28.4 Å². The first-order valence-corrected chi connectivity index (χ1v) is 10.5. The van der Waals surface area contributed by atoms with Gasteiger partial charge in [-0.3, -0.25) is 10.00 Å². The number of piperidine rings is 1. The molecule has 0 bridgehead atoms. The molecule has 4 rings (SSSR count). The first-order chi connectivity index (χ1) is 15.5. The third-order valence-corrected chi connectivity index (χ3v) is 6.00. The van der Waals surface area contributed by atoms with Crippen molar-refractivity contribution >= 4 is 0 Å². The van der Waals surface area contributed by atoms with Gasteiger partial charge in [-0.25, -0.2) is 8.78 Å². The lowest BCUT2D eigenvalue weighted by molar-refractivity contribution is 0.194. The highest BCUT2D eigenvalue weighted by Crippen LogP contribution is 2.38. The monoisotopic (exact) mass is 443 g/mol. The van der Waals surface area contributed by atoms with E-state index in [1.54, 1.807) is 27.5 Å². The molecule has 2 heterocycles. The molecule has 1 aromatic heterocycles. The minimum atomic E-state index is -0.475. The second-order valence-corrected chi connectivity index (χ2v) is 7.91. The minimum Gasteiger partial charge on any atom is -0.496 e. The normalized spacial score (nSPS) is 16.7. The van der Waals surface area contributed by atoms with Crippen molar-refractivity contribution in [2.45, 2.75) is 25.3 Å². The van der Waals surface area contributed by atoms with Gasteiger partial charge in [0.15, 0.2) is 0 Å². The van der Waals surface area contributed by atoms with Crippen LogP contribution in [0.1, 0.15) is 30.0 Å². The maximum Gasteiger partial charge on any atom is 0.131 e. The summed E-state index contributed by atoms with van der Waals surface area (Å²) < 4.78 is 44.7. The maximum absolute atomic E-state index is 14.4. The van der Waals surface area contributed by atoms with E-state index in [0.717, 1.165) is 49.3 Å². The van der Waals surface area contributed by atoms with Gasteiger partial charge in [0, 0.05) is 48.0 Å². The molecule has 1 N–H and O–H groups in total. The summed E-state index contributed by atoms with van der Waals surface area (Å²) in [5.74, 6) is 1.24. The number of ether oxygens (including phenoxy) is 3.